The van der Waals surface area contributed by atoms with Gasteiger partial charge in [0, 0.05) is 12.0 Å². The van der Waals surface area contributed by atoms with Gasteiger partial charge in [0.2, 0.25) is 0 Å². The van der Waals surface area contributed by atoms with Crippen molar-refractivity contribution in [2.75, 3.05) is 12.0 Å². The molecule has 6 rings (SSSR count). The molecule has 0 spiro atoms. The first-order chi connectivity index (χ1) is 18.2. The Morgan fingerprint density at radius 1 is 1.11 bits per heavy atom. The number of aliphatic hydroxyl groups is 1. The molecule has 0 aliphatic carbocycles. The number of rotatable bonds is 4. The van der Waals surface area contributed by atoms with Crippen LogP contribution in [0.25, 0.3) is 16.0 Å². The number of ketones is 1. The monoisotopic (exact) mass is 566 g/mol. The van der Waals surface area contributed by atoms with Gasteiger partial charge in [0.15, 0.2) is 5.13 Å². The summed E-state index contributed by atoms with van der Waals surface area (Å²) in [6.45, 7) is 1.96. The number of benzene rings is 3. The number of hydrogen-bond acceptors (Lipinski definition) is 7. The Morgan fingerprint density at radius 3 is 2.68 bits per heavy atom. The topological polar surface area (TPSA) is 89.0 Å². The van der Waals surface area contributed by atoms with Crippen LogP contribution in [0.5, 0.6) is 11.5 Å². The van der Waals surface area contributed by atoms with Crippen molar-refractivity contribution in [2.24, 2.45) is 0 Å². The fraction of sp³-hybridized carbons (Fsp3) is 0.179. The molecule has 7 nitrogen and oxygen atoms in total. The second-order valence-corrected chi connectivity index (χ2v) is 11.0. The third kappa shape index (κ3) is 4.00. The molecule has 1 fully saturated rings. The molecule has 192 valence electrons. The number of hydrogen-bond donors (Lipinski definition) is 1. The van der Waals surface area contributed by atoms with Crippen molar-refractivity contribution in [1.82, 2.24) is 4.98 Å². The highest BCUT2D eigenvalue weighted by atomic mass is 35.5. The Kier molecular flexibility index (Phi) is 6.06. The maximum absolute atomic E-state index is 13.5. The van der Waals surface area contributed by atoms with Crippen molar-refractivity contribution >= 4 is 67.3 Å². The molecular formula is C28H20Cl2N2O5S. The average molecular weight is 567 g/mol. The molecule has 3 heterocycles. The van der Waals surface area contributed by atoms with E-state index in [1.807, 2.05) is 13.0 Å². The van der Waals surface area contributed by atoms with Crippen molar-refractivity contribution in [2.45, 2.75) is 25.5 Å². The summed E-state index contributed by atoms with van der Waals surface area (Å²) in [7, 11) is 1.57. The van der Waals surface area contributed by atoms with E-state index in [0.29, 0.717) is 39.0 Å². The first kappa shape index (κ1) is 24.7. The van der Waals surface area contributed by atoms with Crippen molar-refractivity contribution in [3.05, 3.63) is 86.9 Å². The SMILES string of the molecule is COc1ccc2nc(N3C(=O)C(=O)/C(=C(\O)c4ccc5c(c4)CC(C)O5)C3c3ccc(Cl)c(Cl)c3)sc2c1. The Morgan fingerprint density at radius 2 is 1.92 bits per heavy atom. The second kappa shape index (κ2) is 9.31. The Labute approximate surface area is 231 Å². The smallest absolute Gasteiger partial charge is 0.301 e. The van der Waals surface area contributed by atoms with E-state index in [1.165, 1.54) is 16.2 Å². The molecule has 2 atom stereocenters. The first-order valence-corrected chi connectivity index (χ1v) is 13.3. The van der Waals surface area contributed by atoms with Crippen LogP contribution in [0.4, 0.5) is 5.13 Å². The van der Waals surface area contributed by atoms with Crippen LogP contribution >= 0.6 is 34.5 Å². The van der Waals surface area contributed by atoms with E-state index in [1.54, 1.807) is 55.6 Å². The van der Waals surface area contributed by atoms with E-state index in [9.17, 15) is 14.7 Å². The molecule has 1 saturated heterocycles. The van der Waals surface area contributed by atoms with Gasteiger partial charge in [0.05, 0.1) is 39.0 Å². The molecule has 1 N–H and O–H groups in total. The minimum atomic E-state index is -0.976. The predicted molar refractivity (Wildman–Crippen MR) is 148 cm³/mol. The zero-order valence-corrected chi connectivity index (χ0v) is 22.5. The number of Topliss-reactive ketones (excluding diaryl/α,β-unsaturated/α-hetero) is 1. The van der Waals surface area contributed by atoms with Gasteiger partial charge in [-0.1, -0.05) is 40.6 Å². The van der Waals surface area contributed by atoms with Crippen LogP contribution in [-0.4, -0.2) is 35.0 Å². The fourth-order valence-corrected chi connectivity index (χ4v) is 6.20. The van der Waals surface area contributed by atoms with Gasteiger partial charge in [0.1, 0.15) is 23.4 Å². The molecule has 38 heavy (non-hydrogen) atoms. The highest BCUT2D eigenvalue weighted by Crippen LogP contribution is 2.46. The normalized spacial score (nSPS) is 20.2. The number of aliphatic hydroxyl groups excluding tert-OH is 1. The van der Waals surface area contributed by atoms with Crippen molar-refractivity contribution in [3.63, 3.8) is 0 Å². The van der Waals surface area contributed by atoms with Crippen LogP contribution < -0.4 is 14.4 Å². The zero-order chi connectivity index (χ0) is 26.7. The van der Waals surface area contributed by atoms with Crippen LogP contribution in [0.1, 0.15) is 29.7 Å². The van der Waals surface area contributed by atoms with Gasteiger partial charge in [0.25, 0.3) is 5.78 Å². The third-order valence-electron chi connectivity index (χ3n) is 6.66. The molecule has 10 heteroatoms. The lowest BCUT2D eigenvalue weighted by atomic mass is 9.94. The highest BCUT2D eigenvalue weighted by Gasteiger charge is 2.48. The zero-order valence-electron chi connectivity index (χ0n) is 20.2. The maximum atomic E-state index is 13.5. The second-order valence-electron chi connectivity index (χ2n) is 9.13. The van der Waals surface area contributed by atoms with E-state index in [2.05, 4.69) is 4.98 Å². The molecule has 0 radical (unpaired) electrons. The molecule has 0 saturated carbocycles. The number of amides is 1. The van der Waals surface area contributed by atoms with E-state index >= 15 is 0 Å². The number of ether oxygens (including phenoxy) is 2. The number of carbonyl (C=O) groups is 2. The number of nitrogens with zero attached hydrogens (tertiary/aromatic N) is 2. The van der Waals surface area contributed by atoms with Crippen molar-refractivity contribution < 1.29 is 24.2 Å². The minimum absolute atomic E-state index is 0.0156. The molecule has 1 amide bonds. The van der Waals surface area contributed by atoms with Crippen molar-refractivity contribution in [3.8, 4) is 11.5 Å². The van der Waals surface area contributed by atoms with Crippen LogP contribution in [0, 0.1) is 0 Å². The van der Waals surface area contributed by atoms with E-state index < -0.39 is 17.7 Å². The van der Waals surface area contributed by atoms with Gasteiger partial charge in [-0.25, -0.2) is 4.98 Å². The number of thiazole rings is 1. The Balaban J connectivity index is 1.54. The van der Waals surface area contributed by atoms with Crippen LogP contribution in [0.2, 0.25) is 10.0 Å². The highest BCUT2D eigenvalue weighted by molar-refractivity contribution is 7.22. The molecular weight excluding hydrogens is 547 g/mol. The minimum Gasteiger partial charge on any atom is -0.507 e. The standard InChI is InChI=1S/C28H20Cl2N2O5S/c1-13-9-16-10-15(4-8-21(16)37-13)25(33)23-24(14-3-6-18(29)19(30)11-14)32(27(35)26(23)34)28-31-20-7-5-17(36-2)12-22(20)38-28/h3-8,10-13,24,33H,9H2,1-2H3/b25-23-. The number of fused-ring (bicyclic) bond motifs is 2. The van der Waals surface area contributed by atoms with Crippen molar-refractivity contribution in [1.29, 1.82) is 0 Å². The summed E-state index contributed by atoms with van der Waals surface area (Å²) in [5.41, 5.74) is 2.43. The average Bonchev–Trinajstić information content (AvgIpc) is 3.57. The van der Waals surface area contributed by atoms with Gasteiger partial charge in [-0.3, -0.25) is 14.5 Å². The van der Waals surface area contributed by atoms with Gasteiger partial charge >= 0.3 is 5.91 Å². The van der Waals surface area contributed by atoms with Crippen LogP contribution in [0.3, 0.4) is 0 Å². The third-order valence-corrected chi connectivity index (χ3v) is 8.42. The maximum Gasteiger partial charge on any atom is 0.301 e. The summed E-state index contributed by atoms with van der Waals surface area (Å²) in [6.07, 6.45) is 0.692. The summed E-state index contributed by atoms with van der Waals surface area (Å²) >= 11 is 13.7. The summed E-state index contributed by atoms with van der Waals surface area (Å²) in [6, 6.07) is 14.5. The van der Waals surface area contributed by atoms with E-state index in [-0.39, 0.29) is 22.5 Å². The quantitative estimate of drug-likeness (QED) is 0.171. The summed E-state index contributed by atoms with van der Waals surface area (Å²) in [5, 5.41) is 12.4. The first-order valence-electron chi connectivity index (χ1n) is 11.8. The lowest BCUT2D eigenvalue weighted by Gasteiger charge is -2.23. The molecule has 2 aliphatic heterocycles. The molecule has 4 aromatic rings. The van der Waals surface area contributed by atoms with E-state index in [0.717, 1.165) is 16.0 Å². The Hall–Kier alpha value is -3.59. The number of halogens is 2. The van der Waals surface area contributed by atoms with Gasteiger partial charge in [-0.05, 0) is 66.6 Å². The number of methoxy groups -OCH3 is 1. The van der Waals surface area contributed by atoms with Crippen LogP contribution in [0.15, 0.2) is 60.2 Å². The molecule has 1 aromatic heterocycles. The number of aromatic nitrogens is 1. The largest absolute Gasteiger partial charge is 0.507 e. The Bertz CT molecular complexity index is 1680. The molecule has 0 bridgehead atoms. The molecule has 2 unspecified atom stereocenters. The van der Waals surface area contributed by atoms with Gasteiger partial charge < -0.3 is 14.6 Å². The van der Waals surface area contributed by atoms with Gasteiger partial charge in [-0.2, -0.15) is 0 Å². The fourth-order valence-electron chi connectivity index (χ4n) is 4.88. The lowest BCUT2D eigenvalue weighted by Crippen LogP contribution is -2.29. The van der Waals surface area contributed by atoms with E-state index in [4.69, 9.17) is 32.7 Å². The number of carbonyl (C=O) groups excluding carboxylic acids is 2. The summed E-state index contributed by atoms with van der Waals surface area (Å²) in [4.78, 5) is 33.0. The van der Waals surface area contributed by atoms with Gasteiger partial charge in [-0.15, -0.1) is 0 Å². The predicted octanol–water partition coefficient (Wildman–Crippen LogP) is 6.56. The molecule has 2 aliphatic rings. The summed E-state index contributed by atoms with van der Waals surface area (Å²) in [5.74, 6) is -0.523. The summed E-state index contributed by atoms with van der Waals surface area (Å²) < 4.78 is 11.9. The molecule has 3 aromatic carbocycles. The number of anilines is 1. The lowest BCUT2D eigenvalue weighted by molar-refractivity contribution is -0.132. The van der Waals surface area contributed by atoms with Crippen LogP contribution in [-0.2, 0) is 16.0 Å².